The first-order chi connectivity index (χ1) is 8.55. The van der Waals surface area contributed by atoms with E-state index in [1.165, 1.54) is 12.0 Å². The van der Waals surface area contributed by atoms with Crippen molar-refractivity contribution in [3.8, 4) is 0 Å². The molecule has 1 saturated carbocycles. The van der Waals surface area contributed by atoms with Crippen LogP contribution in [0.4, 0.5) is 0 Å². The minimum atomic E-state index is -0.550. The highest BCUT2D eigenvalue weighted by Gasteiger charge is 2.37. The highest BCUT2D eigenvalue weighted by Crippen LogP contribution is 2.39. The van der Waals surface area contributed by atoms with E-state index in [-0.39, 0.29) is 0 Å². The fourth-order valence-electron chi connectivity index (χ4n) is 3.24. The van der Waals surface area contributed by atoms with E-state index in [1.54, 1.807) is 0 Å². The Morgan fingerprint density at radius 1 is 1.39 bits per heavy atom. The Balaban J connectivity index is 2.20. The highest BCUT2D eigenvalue weighted by molar-refractivity contribution is 6.31. The highest BCUT2D eigenvalue weighted by atomic mass is 35.5. The molecule has 1 N–H and O–H groups in total. The van der Waals surface area contributed by atoms with Crippen LogP contribution in [0.2, 0.25) is 5.02 Å². The summed E-state index contributed by atoms with van der Waals surface area (Å²) in [6.07, 6.45) is 6.20. The topological polar surface area (TPSA) is 20.2 Å². The molecule has 0 saturated heterocycles. The van der Waals surface area contributed by atoms with E-state index >= 15 is 0 Å². The van der Waals surface area contributed by atoms with Crippen molar-refractivity contribution in [1.82, 2.24) is 0 Å². The number of benzene rings is 1. The maximum absolute atomic E-state index is 10.9. The molecule has 1 aliphatic carbocycles. The van der Waals surface area contributed by atoms with Gasteiger partial charge in [0.25, 0.3) is 0 Å². The van der Waals surface area contributed by atoms with Gasteiger partial charge in [-0.25, -0.2) is 0 Å². The smallest absolute Gasteiger partial charge is 0.0716 e. The number of aryl methyl sites for hydroxylation is 1. The molecule has 0 bridgehead atoms. The zero-order chi connectivity index (χ0) is 13.2. The summed E-state index contributed by atoms with van der Waals surface area (Å²) >= 11 is 6.29. The first-order valence-electron chi connectivity index (χ1n) is 7.02. The van der Waals surface area contributed by atoms with E-state index in [1.807, 2.05) is 13.0 Å². The zero-order valence-corrected chi connectivity index (χ0v) is 12.1. The number of halogens is 1. The maximum atomic E-state index is 10.9. The predicted octanol–water partition coefficient (Wildman–Crippen LogP) is 4.52. The van der Waals surface area contributed by atoms with Gasteiger partial charge in [0.1, 0.15) is 0 Å². The summed E-state index contributed by atoms with van der Waals surface area (Å²) in [6, 6.07) is 6.13. The van der Waals surface area contributed by atoms with Crippen LogP contribution >= 0.6 is 11.6 Å². The average molecular weight is 267 g/mol. The number of rotatable bonds is 3. The molecule has 2 unspecified atom stereocenters. The summed E-state index contributed by atoms with van der Waals surface area (Å²) in [5, 5.41) is 11.7. The Morgan fingerprint density at radius 3 is 2.83 bits per heavy atom. The van der Waals surface area contributed by atoms with E-state index in [2.05, 4.69) is 19.1 Å². The van der Waals surface area contributed by atoms with Crippen LogP contribution in [0.3, 0.4) is 0 Å². The van der Waals surface area contributed by atoms with Gasteiger partial charge in [-0.15, -0.1) is 0 Å². The summed E-state index contributed by atoms with van der Waals surface area (Å²) in [6.45, 7) is 4.22. The number of aliphatic hydroxyl groups is 1. The first kappa shape index (κ1) is 13.9. The molecule has 2 atom stereocenters. The van der Waals surface area contributed by atoms with Gasteiger partial charge in [-0.1, -0.05) is 49.9 Å². The Labute approximate surface area is 115 Å². The normalized spacial score (nSPS) is 28.3. The van der Waals surface area contributed by atoms with E-state index in [4.69, 9.17) is 11.6 Å². The van der Waals surface area contributed by atoms with Crippen LogP contribution in [0.15, 0.2) is 18.2 Å². The third-order valence-corrected chi connectivity index (χ3v) is 4.72. The molecule has 18 heavy (non-hydrogen) atoms. The van der Waals surface area contributed by atoms with Crippen molar-refractivity contribution in [2.24, 2.45) is 5.92 Å². The van der Waals surface area contributed by atoms with Crippen molar-refractivity contribution in [3.63, 3.8) is 0 Å². The summed E-state index contributed by atoms with van der Waals surface area (Å²) in [7, 11) is 0. The van der Waals surface area contributed by atoms with Gasteiger partial charge in [-0.3, -0.25) is 0 Å². The molecule has 0 amide bonds. The molecule has 2 heteroatoms. The minimum absolute atomic E-state index is 0.420. The summed E-state index contributed by atoms with van der Waals surface area (Å²) in [5.41, 5.74) is 1.71. The lowest BCUT2D eigenvalue weighted by Gasteiger charge is -2.40. The standard InChI is InChI=1S/C16H23ClO/c1-3-14-6-4-5-9-16(14,18)11-13-8-7-12(2)10-15(13)17/h7-8,10,14,18H,3-6,9,11H2,1-2H3. The third-order valence-electron chi connectivity index (χ3n) is 4.37. The van der Waals surface area contributed by atoms with Crippen molar-refractivity contribution in [1.29, 1.82) is 0 Å². The van der Waals surface area contributed by atoms with E-state index < -0.39 is 5.60 Å². The monoisotopic (exact) mass is 266 g/mol. The summed E-state index contributed by atoms with van der Waals surface area (Å²) in [4.78, 5) is 0. The van der Waals surface area contributed by atoms with Crippen molar-refractivity contribution >= 4 is 11.6 Å². The van der Waals surface area contributed by atoms with E-state index in [0.717, 1.165) is 36.3 Å². The van der Waals surface area contributed by atoms with Gasteiger partial charge in [-0.2, -0.15) is 0 Å². The molecule has 1 aliphatic rings. The minimum Gasteiger partial charge on any atom is -0.389 e. The lowest BCUT2D eigenvalue weighted by molar-refractivity contribution is -0.0491. The van der Waals surface area contributed by atoms with Gasteiger partial charge in [-0.05, 0) is 42.9 Å². The van der Waals surface area contributed by atoms with Crippen molar-refractivity contribution < 1.29 is 5.11 Å². The molecule has 0 radical (unpaired) electrons. The summed E-state index contributed by atoms with van der Waals surface area (Å²) in [5.74, 6) is 0.420. The fourth-order valence-corrected chi connectivity index (χ4v) is 3.54. The largest absolute Gasteiger partial charge is 0.389 e. The van der Waals surface area contributed by atoms with Gasteiger partial charge < -0.3 is 5.11 Å². The quantitative estimate of drug-likeness (QED) is 0.853. The Bertz CT molecular complexity index is 416. The summed E-state index contributed by atoms with van der Waals surface area (Å²) < 4.78 is 0. The molecule has 1 fully saturated rings. The maximum Gasteiger partial charge on any atom is 0.0716 e. The Kier molecular flexibility index (Phi) is 4.34. The van der Waals surface area contributed by atoms with Crippen LogP contribution in [0.25, 0.3) is 0 Å². The third kappa shape index (κ3) is 2.89. The number of hydrogen-bond acceptors (Lipinski definition) is 1. The van der Waals surface area contributed by atoms with Crippen LogP contribution in [-0.4, -0.2) is 10.7 Å². The van der Waals surface area contributed by atoms with E-state index in [9.17, 15) is 5.11 Å². The number of hydrogen-bond donors (Lipinski definition) is 1. The molecule has 1 aromatic carbocycles. The van der Waals surface area contributed by atoms with Gasteiger partial charge in [0.15, 0.2) is 0 Å². The second kappa shape index (κ2) is 5.63. The van der Waals surface area contributed by atoms with Gasteiger partial charge in [0.05, 0.1) is 5.60 Å². The predicted molar refractivity (Wildman–Crippen MR) is 77.1 cm³/mol. The molecular weight excluding hydrogens is 244 g/mol. The Morgan fingerprint density at radius 2 is 2.17 bits per heavy atom. The van der Waals surface area contributed by atoms with Crippen molar-refractivity contribution in [3.05, 3.63) is 34.3 Å². The lowest BCUT2D eigenvalue weighted by atomic mass is 9.71. The van der Waals surface area contributed by atoms with Crippen LogP contribution in [-0.2, 0) is 6.42 Å². The first-order valence-corrected chi connectivity index (χ1v) is 7.40. The van der Waals surface area contributed by atoms with Crippen molar-refractivity contribution in [2.45, 2.75) is 58.0 Å². The second-order valence-electron chi connectivity index (χ2n) is 5.73. The van der Waals surface area contributed by atoms with Crippen LogP contribution in [0.1, 0.15) is 50.2 Å². The Hall–Kier alpha value is -0.530. The molecule has 0 aliphatic heterocycles. The van der Waals surface area contributed by atoms with Crippen molar-refractivity contribution in [2.75, 3.05) is 0 Å². The molecule has 0 aromatic heterocycles. The van der Waals surface area contributed by atoms with Gasteiger partial charge in [0, 0.05) is 11.4 Å². The molecular formula is C16H23ClO. The average Bonchev–Trinajstić information content (AvgIpc) is 2.33. The van der Waals surface area contributed by atoms with Crippen LogP contribution < -0.4 is 0 Å². The van der Waals surface area contributed by atoms with Crippen LogP contribution in [0.5, 0.6) is 0 Å². The molecule has 2 rings (SSSR count). The molecule has 0 spiro atoms. The zero-order valence-electron chi connectivity index (χ0n) is 11.4. The van der Waals surface area contributed by atoms with Gasteiger partial charge >= 0.3 is 0 Å². The molecule has 1 aromatic rings. The van der Waals surface area contributed by atoms with Gasteiger partial charge in [0.2, 0.25) is 0 Å². The molecule has 0 heterocycles. The molecule has 1 nitrogen and oxygen atoms in total. The van der Waals surface area contributed by atoms with E-state index in [0.29, 0.717) is 12.3 Å². The lowest BCUT2D eigenvalue weighted by Crippen LogP contribution is -2.42. The fraction of sp³-hybridized carbons (Fsp3) is 0.625. The second-order valence-corrected chi connectivity index (χ2v) is 6.13. The molecule has 100 valence electrons. The van der Waals surface area contributed by atoms with Crippen LogP contribution in [0, 0.1) is 12.8 Å². The SMILES string of the molecule is CCC1CCCCC1(O)Cc1ccc(C)cc1Cl.